The molecule has 3 atom stereocenters. The molecule has 8 heteroatoms. The van der Waals surface area contributed by atoms with Gasteiger partial charge in [-0.25, -0.2) is 4.79 Å². The predicted octanol–water partition coefficient (Wildman–Crippen LogP) is 4.02. The Balaban J connectivity index is 1.92. The number of hydrogen-bond acceptors (Lipinski definition) is 6. The van der Waals surface area contributed by atoms with Crippen molar-refractivity contribution < 1.29 is 24.0 Å². The molecule has 1 aromatic rings. The molecule has 29 heavy (non-hydrogen) atoms. The Morgan fingerprint density at radius 1 is 1.21 bits per heavy atom. The topological polar surface area (TPSA) is 99.0 Å². The van der Waals surface area contributed by atoms with Gasteiger partial charge in [0.25, 0.3) is 5.69 Å². The minimum Gasteiger partial charge on any atom is -0.469 e. The van der Waals surface area contributed by atoms with Gasteiger partial charge < -0.3 is 9.47 Å². The molecule has 8 nitrogen and oxygen atoms in total. The zero-order valence-electron chi connectivity index (χ0n) is 17.2. The van der Waals surface area contributed by atoms with Crippen molar-refractivity contribution in [1.82, 2.24) is 0 Å². The number of methoxy groups -OCH3 is 2. The summed E-state index contributed by atoms with van der Waals surface area (Å²) in [6.45, 7) is 1.91. The van der Waals surface area contributed by atoms with E-state index in [9.17, 15) is 19.7 Å². The van der Waals surface area contributed by atoms with Gasteiger partial charge in [0.2, 0.25) is 0 Å². The Hall–Kier alpha value is -2.64. The van der Waals surface area contributed by atoms with Crippen LogP contribution >= 0.6 is 0 Å². The maximum atomic E-state index is 12.2. The van der Waals surface area contributed by atoms with Crippen molar-refractivity contribution in [2.45, 2.75) is 57.9 Å². The van der Waals surface area contributed by atoms with Gasteiger partial charge in [0, 0.05) is 11.6 Å². The minimum absolute atomic E-state index is 0.0837. The molecule has 0 spiro atoms. The van der Waals surface area contributed by atoms with Crippen molar-refractivity contribution in [3.8, 4) is 0 Å². The molecule has 0 radical (unpaired) electrons. The number of carbonyl (C=O) groups excluding carboxylic acids is 2. The molecular formula is C21H28N2O6. The molecule has 0 bridgehead atoms. The lowest BCUT2D eigenvalue weighted by Crippen LogP contribution is -2.42. The van der Waals surface area contributed by atoms with Crippen molar-refractivity contribution in [1.29, 1.82) is 0 Å². The third kappa shape index (κ3) is 4.21. The van der Waals surface area contributed by atoms with Gasteiger partial charge >= 0.3 is 12.1 Å². The van der Waals surface area contributed by atoms with E-state index in [0.717, 1.165) is 19.3 Å². The van der Waals surface area contributed by atoms with Gasteiger partial charge in [-0.3, -0.25) is 19.8 Å². The smallest absolute Gasteiger partial charge is 0.414 e. The van der Waals surface area contributed by atoms with Crippen LogP contribution in [0.4, 0.5) is 16.2 Å². The summed E-state index contributed by atoms with van der Waals surface area (Å²) in [4.78, 5) is 37.3. The van der Waals surface area contributed by atoms with Crippen LogP contribution in [0.25, 0.3) is 0 Å². The van der Waals surface area contributed by atoms with E-state index < -0.39 is 6.09 Å². The first-order chi connectivity index (χ1) is 13.9. The van der Waals surface area contributed by atoms with E-state index in [4.69, 9.17) is 9.47 Å². The van der Waals surface area contributed by atoms with Crippen molar-refractivity contribution in [3.05, 3.63) is 33.4 Å². The summed E-state index contributed by atoms with van der Waals surface area (Å²) in [5, 5.41) is 12.0. The summed E-state index contributed by atoms with van der Waals surface area (Å²) < 4.78 is 9.77. The van der Waals surface area contributed by atoms with Crippen molar-refractivity contribution in [2.24, 2.45) is 11.8 Å². The number of rotatable bonds is 4. The highest BCUT2D eigenvalue weighted by Gasteiger charge is 2.36. The Labute approximate surface area is 170 Å². The molecule has 3 rings (SSSR count). The third-order valence-electron chi connectivity index (χ3n) is 6.23. The Morgan fingerprint density at radius 2 is 1.97 bits per heavy atom. The van der Waals surface area contributed by atoms with Crippen LogP contribution in [-0.2, 0) is 27.1 Å². The number of ether oxygens (including phenoxy) is 2. The summed E-state index contributed by atoms with van der Waals surface area (Å²) in [6, 6.07) is 3.47. The van der Waals surface area contributed by atoms with Gasteiger partial charge in [-0.2, -0.15) is 0 Å². The lowest BCUT2D eigenvalue weighted by molar-refractivity contribution is -0.386. The van der Waals surface area contributed by atoms with Crippen molar-refractivity contribution in [3.63, 3.8) is 0 Å². The maximum Gasteiger partial charge on any atom is 0.414 e. The van der Waals surface area contributed by atoms with Crippen LogP contribution < -0.4 is 4.90 Å². The van der Waals surface area contributed by atoms with Gasteiger partial charge in [0.05, 0.1) is 36.3 Å². The Morgan fingerprint density at radius 3 is 2.62 bits per heavy atom. The minimum atomic E-state index is -0.506. The summed E-state index contributed by atoms with van der Waals surface area (Å²) >= 11 is 0. The molecule has 0 unspecified atom stereocenters. The van der Waals surface area contributed by atoms with E-state index in [0.29, 0.717) is 42.5 Å². The number of anilines is 1. The average Bonchev–Trinajstić information content (AvgIpc) is 2.72. The molecule has 1 aliphatic carbocycles. The SMILES string of the molecule is COC(=O)[C@@H]1CCC[C@@H](Cc2ccc3c(c2[N+](=O)[O-])CC[C@H](C)N3C(=O)OC)C1. The van der Waals surface area contributed by atoms with E-state index in [1.165, 1.54) is 19.1 Å². The van der Waals surface area contributed by atoms with Crippen LogP contribution in [0.15, 0.2) is 12.1 Å². The second-order valence-corrected chi connectivity index (χ2v) is 8.01. The van der Waals surface area contributed by atoms with Crippen LogP contribution in [0.2, 0.25) is 0 Å². The summed E-state index contributed by atoms with van der Waals surface area (Å²) in [7, 11) is 2.71. The average molecular weight is 404 g/mol. The zero-order chi connectivity index (χ0) is 21.1. The van der Waals surface area contributed by atoms with Gasteiger partial charge in [-0.1, -0.05) is 18.9 Å². The fourth-order valence-electron chi connectivity index (χ4n) is 4.80. The summed E-state index contributed by atoms with van der Waals surface area (Å²) in [5.41, 5.74) is 1.92. The highest BCUT2D eigenvalue weighted by Crippen LogP contribution is 2.41. The molecule has 2 aliphatic rings. The first-order valence-electron chi connectivity index (χ1n) is 10.1. The number of fused-ring (bicyclic) bond motifs is 1. The normalized spacial score (nSPS) is 23.8. The van der Waals surface area contributed by atoms with Gasteiger partial charge in [0.1, 0.15) is 0 Å². The number of amides is 1. The molecule has 1 amide bonds. The largest absolute Gasteiger partial charge is 0.469 e. The number of benzene rings is 1. The fraction of sp³-hybridized carbons (Fsp3) is 0.619. The fourth-order valence-corrected chi connectivity index (χ4v) is 4.80. The lowest BCUT2D eigenvalue weighted by Gasteiger charge is -2.34. The number of esters is 1. The zero-order valence-corrected chi connectivity index (χ0v) is 17.2. The third-order valence-corrected chi connectivity index (χ3v) is 6.23. The van der Waals surface area contributed by atoms with Crippen LogP contribution in [-0.4, -0.2) is 37.2 Å². The lowest BCUT2D eigenvalue weighted by atomic mass is 9.78. The molecule has 0 aromatic heterocycles. The van der Waals surface area contributed by atoms with E-state index in [1.807, 2.05) is 6.92 Å². The van der Waals surface area contributed by atoms with Crippen molar-refractivity contribution >= 4 is 23.4 Å². The molecule has 1 fully saturated rings. The number of nitrogens with zero attached hydrogens (tertiary/aromatic N) is 2. The summed E-state index contributed by atoms with van der Waals surface area (Å²) in [6.07, 6.45) is 4.57. The molecular weight excluding hydrogens is 376 g/mol. The highest BCUT2D eigenvalue weighted by molar-refractivity contribution is 5.91. The molecule has 1 saturated carbocycles. The van der Waals surface area contributed by atoms with E-state index >= 15 is 0 Å². The van der Waals surface area contributed by atoms with Crippen LogP contribution in [0, 0.1) is 22.0 Å². The van der Waals surface area contributed by atoms with E-state index in [-0.39, 0.29) is 34.5 Å². The monoisotopic (exact) mass is 404 g/mol. The molecule has 0 saturated heterocycles. The molecule has 1 aromatic carbocycles. The first kappa shape index (κ1) is 21.1. The molecule has 0 N–H and O–H groups in total. The molecule has 1 heterocycles. The Bertz CT molecular complexity index is 809. The van der Waals surface area contributed by atoms with Crippen molar-refractivity contribution in [2.75, 3.05) is 19.1 Å². The van der Waals surface area contributed by atoms with Crippen LogP contribution in [0.3, 0.4) is 0 Å². The van der Waals surface area contributed by atoms with E-state index in [1.54, 1.807) is 12.1 Å². The molecule has 158 valence electrons. The number of nitro groups is 1. The second kappa shape index (κ2) is 8.80. The maximum absolute atomic E-state index is 12.2. The van der Waals surface area contributed by atoms with Crippen LogP contribution in [0.5, 0.6) is 0 Å². The predicted molar refractivity (Wildman–Crippen MR) is 107 cm³/mol. The molecule has 1 aliphatic heterocycles. The van der Waals surface area contributed by atoms with Gasteiger partial charge in [-0.15, -0.1) is 0 Å². The number of nitro benzene ring substituents is 1. The first-order valence-corrected chi connectivity index (χ1v) is 10.1. The highest BCUT2D eigenvalue weighted by atomic mass is 16.6. The standard InChI is InChI=1S/C21H28N2O6/c1-13-7-9-17-18(22(13)21(25)29-3)10-8-15(19(17)23(26)27)11-14-5-4-6-16(12-14)20(24)28-2/h8,10,13-14,16H,4-7,9,11-12H2,1-3H3/t13-,14-,16+/m0/s1. The number of hydrogen-bond donors (Lipinski definition) is 0. The quantitative estimate of drug-likeness (QED) is 0.427. The Kier molecular flexibility index (Phi) is 6.39. The van der Waals surface area contributed by atoms with E-state index in [2.05, 4.69) is 0 Å². The summed E-state index contributed by atoms with van der Waals surface area (Å²) in [5.74, 6) is -0.132. The number of carbonyl (C=O) groups is 2. The van der Waals surface area contributed by atoms with Crippen LogP contribution in [0.1, 0.15) is 50.2 Å². The van der Waals surface area contributed by atoms with Gasteiger partial charge in [0.15, 0.2) is 0 Å². The van der Waals surface area contributed by atoms with Gasteiger partial charge in [-0.05, 0) is 51.0 Å². The second-order valence-electron chi connectivity index (χ2n) is 8.01.